The summed E-state index contributed by atoms with van der Waals surface area (Å²) in [5, 5.41) is 12.4. The van der Waals surface area contributed by atoms with Crippen LogP contribution in [0.1, 0.15) is 58.3 Å². The highest BCUT2D eigenvalue weighted by Crippen LogP contribution is 2.23. The fourth-order valence-electron chi connectivity index (χ4n) is 2.13. The van der Waals surface area contributed by atoms with Crippen LogP contribution in [0, 0.1) is 0 Å². The van der Waals surface area contributed by atoms with Gasteiger partial charge in [0.15, 0.2) is 0 Å². The molecule has 0 aromatic rings. The van der Waals surface area contributed by atoms with Gasteiger partial charge in [0.1, 0.15) is 6.04 Å². The highest BCUT2D eigenvalue weighted by molar-refractivity contribution is 8.00. The van der Waals surface area contributed by atoms with E-state index in [1.165, 1.54) is 44.9 Å². The molecule has 1 saturated heterocycles. The Labute approximate surface area is 109 Å². The SMILES string of the molecule is CCCCCCCCC[C@H]1N[C@H](C(=O)O)CS1. The number of thioether (sulfide) groups is 1. The average molecular weight is 259 g/mol. The molecule has 2 N–H and O–H groups in total. The van der Waals surface area contributed by atoms with E-state index in [-0.39, 0.29) is 6.04 Å². The monoisotopic (exact) mass is 259 g/mol. The van der Waals surface area contributed by atoms with Crippen LogP contribution in [0.3, 0.4) is 0 Å². The summed E-state index contributed by atoms with van der Waals surface area (Å²) in [6.45, 7) is 2.24. The van der Waals surface area contributed by atoms with Gasteiger partial charge in [-0.3, -0.25) is 10.1 Å². The molecule has 1 rings (SSSR count). The molecule has 100 valence electrons. The van der Waals surface area contributed by atoms with Gasteiger partial charge in [0.2, 0.25) is 0 Å². The summed E-state index contributed by atoms with van der Waals surface area (Å²) in [6, 6.07) is -0.324. The number of rotatable bonds is 9. The van der Waals surface area contributed by atoms with E-state index in [1.807, 2.05) is 0 Å². The standard InChI is InChI=1S/C13H25NO2S/c1-2-3-4-5-6-7-8-9-12-14-11(10-17-12)13(15)16/h11-12,14H,2-10H2,1H3,(H,15,16)/t11-,12-/m0/s1. The maximum Gasteiger partial charge on any atom is 0.321 e. The minimum Gasteiger partial charge on any atom is -0.480 e. The molecule has 0 saturated carbocycles. The second kappa shape index (κ2) is 8.81. The first kappa shape index (κ1) is 14.8. The molecule has 0 unspecified atom stereocenters. The van der Waals surface area contributed by atoms with Crippen molar-refractivity contribution in [2.45, 2.75) is 69.7 Å². The Kier molecular flexibility index (Phi) is 7.69. The molecule has 0 radical (unpaired) electrons. The Bertz CT molecular complexity index is 223. The van der Waals surface area contributed by atoms with Gasteiger partial charge in [-0.25, -0.2) is 0 Å². The molecule has 1 heterocycles. The zero-order valence-electron chi connectivity index (χ0n) is 10.8. The fourth-order valence-corrected chi connectivity index (χ4v) is 3.39. The molecule has 1 aliphatic heterocycles. The molecular weight excluding hydrogens is 234 g/mol. The van der Waals surface area contributed by atoms with Gasteiger partial charge in [-0.15, -0.1) is 11.8 Å². The number of hydrogen-bond donors (Lipinski definition) is 2. The van der Waals surface area contributed by atoms with Crippen LogP contribution in [0.4, 0.5) is 0 Å². The third-order valence-electron chi connectivity index (χ3n) is 3.22. The van der Waals surface area contributed by atoms with Crippen molar-refractivity contribution in [1.82, 2.24) is 5.32 Å². The highest BCUT2D eigenvalue weighted by atomic mass is 32.2. The summed E-state index contributed by atoms with van der Waals surface area (Å²) >= 11 is 1.76. The van der Waals surface area contributed by atoms with Gasteiger partial charge in [0.05, 0.1) is 5.37 Å². The van der Waals surface area contributed by atoms with E-state index >= 15 is 0 Å². The second-order valence-electron chi connectivity index (χ2n) is 4.79. The zero-order valence-corrected chi connectivity index (χ0v) is 11.6. The van der Waals surface area contributed by atoms with Gasteiger partial charge in [0, 0.05) is 5.75 Å². The van der Waals surface area contributed by atoms with Crippen LogP contribution in [-0.2, 0) is 4.79 Å². The largest absolute Gasteiger partial charge is 0.480 e. The van der Waals surface area contributed by atoms with Crippen LogP contribution in [0.25, 0.3) is 0 Å². The molecule has 0 bridgehead atoms. The topological polar surface area (TPSA) is 49.3 Å². The first-order valence-electron chi connectivity index (χ1n) is 6.84. The van der Waals surface area contributed by atoms with Crippen LogP contribution >= 0.6 is 11.8 Å². The van der Waals surface area contributed by atoms with Crippen molar-refractivity contribution in [2.24, 2.45) is 0 Å². The van der Waals surface area contributed by atoms with Crippen LogP contribution in [0.5, 0.6) is 0 Å². The van der Waals surface area contributed by atoms with Crippen LogP contribution in [0.2, 0.25) is 0 Å². The molecule has 4 heteroatoms. The van der Waals surface area contributed by atoms with E-state index in [1.54, 1.807) is 11.8 Å². The third kappa shape index (κ3) is 6.32. The second-order valence-corrected chi connectivity index (χ2v) is 6.03. The Morgan fingerprint density at radius 2 is 1.88 bits per heavy atom. The Balaban J connectivity index is 1.92. The van der Waals surface area contributed by atoms with Gasteiger partial charge in [0.25, 0.3) is 0 Å². The number of hydrogen-bond acceptors (Lipinski definition) is 3. The number of nitrogens with one attached hydrogen (secondary N) is 1. The first-order valence-corrected chi connectivity index (χ1v) is 7.89. The summed E-state index contributed by atoms with van der Waals surface area (Å²) in [7, 11) is 0. The van der Waals surface area contributed by atoms with Gasteiger partial charge >= 0.3 is 5.97 Å². The maximum absolute atomic E-state index is 10.7. The molecular formula is C13H25NO2S. The van der Waals surface area contributed by atoms with Crippen molar-refractivity contribution in [2.75, 3.05) is 5.75 Å². The van der Waals surface area contributed by atoms with Crippen molar-refractivity contribution in [3.63, 3.8) is 0 Å². The van der Waals surface area contributed by atoms with Crippen LogP contribution < -0.4 is 5.32 Å². The lowest BCUT2D eigenvalue weighted by molar-refractivity contribution is -0.138. The molecule has 0 amide bonds. The maximum atomic E-state index is 10.7. The lowest BCUT2D eigenvalue weighted by Crippen LogP contribution is -2.36. The van der Waals surface area contributed by atoms with Crippen molar-refractivity contribution in [3.05, 3.63) is 0 Å². The number of carboxylic acid groups (broad SMARTS) is 1. The van der Waals surface area contributed by atoms with Gasteiger partial charge < -0.3 is 5.11 Å². The predicted molar refractivity (Wildman–Crippen MR) is 73.4 cm³/mol. The summed E-state index contributed by atoms with van der Waals surface area (Å²) in [5.74, 6) is 0.0100. The summed E-state index contributed by atoms with van der Waals surface area (Å²) < 4.78 is 0. The van der Waals surface area contributed by atoms with E-state index < -0.39 is 5.97 Å². The van der Waals surface area contributed by atoms with E-state index in [0.717, 1.165) is 12.2 Å². The molecule has 17 heavy (non-hydrogen) atoms. The number of carboxylic acids is 1. The normalized spacial score (nSPS) is 24.1. The molecule has 0 aliphatic carbocycles. The smallest absolute Gasteiger partial charge is 0.321 e. The molecule has 0 spiro atoms. The minimum absolute atomic E-state index is 0.324. The third-order valence-corrected chi connectivity index (χ3v) is 4.52. The molecule has 3 nitrogen and oxygen atoms in total. The Hall–Kier alpha value is -0.220. The predicted octanol–water partition coefficient (Wildman–Crippen LogP) is 3.24. The van der Waals surface area contributed by atoms with Gasteiger partial charge in [-0.2, -0.15) is 0 Å². The molecule has 1 fully saturated rings. The summed E-state index contributed by atoms with van der Waals surface area (Å²) in [4.78, 5) is 10.7. The molecule has 0 aromatic carbocycles. The van der Waals surface area contributed by atoms with Crippen LogP contribution in [-0.4, -0.2) is 28.2 Å². The lowest BCUT2D eigenvalue weighted by atomic mass is 10.1. The lowest BCUT2D eigenvalue weighted by Gasteiger charge is -2.10. The summed E-state index contributed by atoms with van der Waals surface area (Å²) in [6.07, 6.45) is 10.4. The van der Waals surface area contributed by atoms with Gasteiger partial charge in [-0.1, -0.05) is 51.9 Å². The Morgan fingerprint density at radius 3 is 2.47 bits per heavy atom. The number of unbranched alkanes of at least 4 members (excludes halogenated alkanes) is 6. The van der Waals surface area contributed by atoms with E-state index in [9.17, 15) is 4.79 Å². The first-order chi connectivity index (χ1) is 8.24. The Morgan fingerprint density at radius 1 is 1.24 bits per heavy atom. The van der Waals surface area contributed by atoms with E-state index in [2.05, 4.69) is 12.2 Å². The number of carbonyl (C=O) groups is 1. The van der Waals surface area contributed by atoms with Crippen molar-refractivity contribution in [3.8, 4) is 0 Å². The fraction of sp³-hybridized carbons (Fsp3) is 0.923. The number of aliphatic carboxylic acids is 1. The van der Waals surface area contributed by atoms with Crippen molar-refractivity contribution < 1.29 is 9.90 Å². The van der Waals surface area contributed by atoms with Crippen molar-refractivity contribution in [1.29, 1.82) is 0 Å². The van der Waals surface area contributed by atoms with E-state index in [4.69, 9.17) is 5.11 Å². The van der Waals surface area contributed by atoms with Crippen molar-refractivity contribution >= 4 is 17.7 Å². The highest BCUT2D eigenvalue weighted by Gasteiger charge is 2.28. The van der Waals surface area contributed by atoms with Crippen LogP contribution in [0.15, 0.2) is 0 Å². The van der Waals surface area contributed by atoms with E-state index in [0.29, 0.717) is 5.37 Å². The quantitative estimate of drug-likeness (QED) is 0.624. The molecule has 0 aromatic heterocycles. The summed E-state index contributed by atoms with van der Waals surface area (Å²) in [5.41, 5.74) is 0. The minimum atomic E-state index is -0.709. The molecule has 1 aliphatic rings. The average Bonchev–Trinajstić information content (AvgIpc) is 2.77. The molecule has 2 atom stereocenters. The zero-order chi connectivity index (χ0) is 12.5. The van der Waals surface area contributed by atoms with Gasteiger partial charge in [-0.05, 0) is 6.42 Å².